The molecule has 1 aliphatic rings. The van der Waals surface area contributed by atoms with Crippen LogP contribution in [0.15, 0.2) is 47.9 Å². The number of dihydropyridines is 1. The van der Waals surface area contributed by atoms with Crippen molar-refractivity contribution in [3.8, 4) is 0 Å². The van der Waals surface area contributed by atoms with Gasteiger partial charge in [0.05, 0.1) is 11.4 Å². The van der Waals surface area contributed by atoms with Gasteiger partial charge in [0.25, 0.3) is 0 Å². The van der Waals surface area contributed by atoms with Crippen LogP contribution in [0.2, 0.25) is 0 Å². The summed E-state index contributed by atoms with van der Waals surface area (Å²) in [6.07, 6.45) is 3.28. The van der Waals surface area contributed by atoms with Crippen LogP contribution < -0.4 is 22.5 Å². The summed E-state index contributed by atoms with van der Waals surface area (Å²) >= 11 is 0. The molecule has 0 fully saturated rings. The number of nitrogens with one attached hydrogen (secondary N) is 1. The van der Waals surface area contributed by atoms with Crippen LogP contribution in [0.4, 0.5) is 4.39 Å². The molecule has 2 unspecified atom stereocenters. The largest absolute Gasteiger partial charge is 0.397 e. The van der Waals surface area contributed by atoms with Crippen LogP contribution in [0.1, 0.15) is 18.4 Å². The van der Waals surface area contributed by atoms with Gasteiger partial charge in [0.15, 0.2) is 0 Å². The highest BCUT2D eigenvalue weighted by Gasteiger charge is 2.32. The number of rotatable bonds is 2. The van der Waals surface area contributed by atoms with Gasteiger partial charge in [-0.05, 0) is 23.8 Å². The normalized spacial score (nSPS) is 24.8. The maximum Gasteiger partial charge on any atom is 0.123 e. The van der Waals surface area contributed by atoms with Crippen molar-refractivity contribution in [2.75, 3.05) is 0 Å². The minimum atomic E-state index is -0.829. The van der Waals surface area contributed by atoms with E-state index in [1.54, 1.807) is 24.4 Å². The first kappa shape index (κ1) is 12.4. The number of nitrogens with two attached hydrogens (primary N) is 3. The lowest BCUT2D eigenvalue weighted by Crippen LogP contribution is -2.56. The summed E-state index contributed by atoms with van der Waals surface area (Å²) in [4.78, 5) is 0. The highest BCUT2D eigenvalue weighted by molar-refractivity contribution is 5.36. The van der Waals surface area contributed by atoms with Crippen molar-refractivity contribution in [1.29, 1.82) is 0 Å². The molecule has 0 amide bonds. The van der Waals surface area contributed by atoms with Gasteiger partial charge in [-0.3, -0.25) is 0 Å². The summed E-state index contributed by atoms with van der Waals surface area (Å²) < 4.78 is 12.9. The topological polar surface area (TPSA) is 90.1 Å². The molecule has 1 heterocycles. The standard InChI is InChI=1S/C13H17FN4/c1-8(9-2-4-10(14)5-3-9)13(17)6-11(15)12(16)7-18-13/h2-8,18H,15-17H2,1H3. The molecule has 5 heteroatoms. The Morgan fingerprint density at radius 2 is 1.78 bits per heavy atom. The van der Waals surface area contributed by atoms with Gasteiger partial charge in [-0.2, -0.15) is 0 Å². The van der Waals surface area contributed by atoms with Crippen molar-refractivity contribution in [2.45, 2.75) is 18.5 Å². The van der Waals surface area contributed by atoms with E-state index in [2.05, 4.69) is 5.32 Å². The fourth-order valence-electron chi connectivity index (χ4n) is 1.95. The second-order valence-corrected chi connectivity index (χ2v) is 4.55. The Labute approximate surface area is 105 Å². The summed E-state index contributed by atoms with van der Waals surface area (Å²) in [5.41, 5.74) is 18.7. The zero-order valence-electron chi connectivity index (χ0n) is 10.2. The Balaban J connectivity index is 2.29. The van der Waals surface area contributed by atoms with E-state index < -0.39 is 5.66 Å². The van der Waals surface area contributed by atoms with Gasteiger partial charge >= 0.3 is 0 Å². The Kier molecular flexibility index (Phi) is 3.00. The third kappa shape index (κ3) is 2.17. The molecule has 1 aromatic carbocycles. The van der Waals surface area contributed by atoms with Crippen LogP contribution in [-0.2, 0) is 0 Å². The Bertz CT molecular complexity index is 506. The van der Waals surface area contributed by atoms with E-state index in [1.165, 1.54) is 12.1 Å². The van der Waals surface area contributed by atoms with Crippen LogP contribution in [0.25, 0.3) is 0 Å². The molecule has 7 N–H and O–H groups in total. The van der Waals surface area contributed by atoms with Crippen molar-refractivity contribution >= 4 is 0 Å². The van der Waals surface area contributed by atoms with Crippen LogP contribution >= 0.6 is 0 Å². The van der Waals surface area contributed by atoms with Crippen molar-refractivity contribution in [2.24, 2.45) is 17.2 Å². The van der Waals surface area contributed by atoms with E-state index >= 15 is 0 Å². The van der Waals surface area contributed by atoms with E-state index in [0.717, 1.165) is 5.56 Å². The summed E-state index contributed by atoms with van der Waals surface area (Å²) in [5.74, 6) is -0.353. The zero-order chi connectivity index (χ0) is 13.3. The van der Waals surface area contributed by atoms with Crippen molar-refractivity contribution < 1.29 is 4.39 Å². The van der Waals surface area contributed by atoms with Crippen LogP contribution in [0.3, 0.4) is 0 Å². The molecule has 0 saturated carbocycles. The number of hydrogen-bond acceptors (Lipinski definition) is 4. The van der Waals surface area contributed by atoms with E-state index in [9.17, 15) is 4.39 Å². The first-order valence-electron chi connectivity index (χ1n) is 5.69. The molecule has 0 aromatic heterocycles. The van der Waals surface area contributed by atoms with Crippen LogP contribution in [0.5, 0.6) is 0 Å². The maximum absolute atomic E-state index is 12.9. The summed E-state index contributed by atoms with van der Waals surface area (Å²) in [6, 6.07) is 6.24. The lowest BCUT2D eigenvalue weighted by molar-refractivity contribution is 0.392. The second-order valence-electron chi connectivity index (χ2n) is 4.55. The maximum atomic E-state index is 12.9. The van der Waals surface area contributed by atoms with E-state index in [1.807, 2.05) is 6.92 Å². The second kappa shape index (κ2) is 4.34. The van der Waals surface area contributed by atoms with Crippen molar-refractivity contribution in [3.63, 3.8) is 0 Å². The van der Waals surface area contributed by atoms with Gasteiger partial charge in [-0.1, -0.05) is 19.1 Å². The molecule has 1 aromatic rings. The highest BCUT2D eigenvalue weighted by Crippen LogP contribution is 2.28. The highest BCUT2D eigenvalue weighted by atomic mass is 19.1. The lowest BCUT2D eigenvalue weighted by atomic mass is 9.86. The fourth-order valence-corrected chi connectivity index (χ4v) is 1.95. The number of halogens is 1. The predicted molar refractivity (Wildman–Crippen MR) is 69.4 cm³/mol. The fraction of sp³-hybridized carbons (Fsp3) is 0.231. The predicted octanol–water partition coefficient (Wildman–Crippen LogP) is 0.830. The summed E-state index contributed by atoms with van der Waals surface area (Å²) in [6.45, 7) is 1.94. The number of hydrogen-bond donors (Lipinski definition) is 4. The van der Waals surface area contributed by atoms with Gasteiger partial charge in [-0.15, -0.1) is 0 Å². The first-order valence-corrected chi connectivity index (χ1v) is 5.69. The molecule has 0 radical (unpaired) electrons. The van der Waals surface area contributed by atoms with Gasteiger partial charge in [0.2, 0.25) is 0 Å². The van der Waals surface area contributed by atoms with Gasteiger partial charge in [-0.25, -0.2) is 4.39 Å². The van der Waals surface area contributed by atoms with E-state index in [4.69, 9.17) is 17.2 Å². The van der Waals surface area contributed by atoms with Gasteiger partial charge in [0.1, 0.15) is 11.5 Å². The molecule has 0 bridgehead atoms. The summed E-state index contributed by atoms with van der Waals surface area (Å²) in [7, 11) is 0. The Morgan fingerprint density at radius 3 is 2.33 bits per heavy atom. The smallest absolute Gasteiger partial charge is 0.123 e. The van der Waals surface area contributed by atoms with Crippen LogP contribution in [0, 0.1) is 5.82 Å². The third-order valence-corrected chi connectivity index (χ3v) is 3.29. The molecule has 0 aliphatic carbocycles. The van der Waals surface area contributed by atoms with Crippen LogP contribution in [-0.4, -0.2) is 5.66 Å². The quantitative estimate of drug-likeness (QED) is 0.624. The minimum Gasteiger partial charge on any atom is -0.397 e. The molecule has 0 spiro atoms. The SMILES string of the molecule is CC(c1ccc(F)cc1)C1(N)C=C(N)C(N)=CN1. The molecule has 4 nitrogen and oxygen atoms in total. The molecule has 0 saturated heterocycles. The zero-order valence-corrected chi connectivity index (χ0v) is 10.2. The lowest BCUT2D eigenvalue weighted by Gasteiger charge is -2.36. The Hall–Kier alpha value is -2.01. The molecule has 2 rings (SSSR count). The molecule has 18 heavy (non-hydrogen) atoms. The number of benzene rings is 1. The van der Waals surface area contributed by atoms with Gasteiger partial charge in [0, 0.05) is 12.1 Å². The van der Waals surface area contributed by atoms with E-state index in [-0.39, 0.29) is 11.7 Å². The minimum absolute atomic E-state index is 0.0824. The Morgan fingerprint density at radius 1 is 1.17 bits per heavy atom. The van der Waals surface area contributed by atoms with Crippen molar-refractivity contribution in [3.05, 3.63) is 59.3 Å². The van der Waals surface area contributed by atoms with E-state index in [0.29, 0.717) is 11.4 Å². The average Bonchev–Trinajstić information content (AvgIpc) is 2.34. The molecule has 2 atom stereocenters. The van der Waals surface area contributed by atoms with Crippen molar-refractivity contribution in [1.82, 2.24) is 5.32 Å². The molecular weight excluding hydrogens is 231 g/mol. The molecular formula is C13H17FN4. The third-order valence-electron chi connectivity index (χ3n) is 3.29. The summed E-state index contributed by atoms with van der Waals surface area (Å²) in [5, 5.41) is 3.03. The monoisotopic (exact) mass is 248 g/mol. The molecule has 96 valence electrons. The molecule has 1 aliphatic heterocycles. The average molecular weight is 248 g/mol. The first-order chi connectivity index (χ1) is 8.42. The van der Waals surface area contributed by atoms with Gasteiger partial charge < -0.3 is 22.5 Å².